The lowest BCUT2D eigenvalue weighted by Crippen LogP contribution is -2.26. The Morgan fingerprint density at radius 3 is 3.05 bits per heavy atom. The molecule has 0 bridgehead atoms. The van der Waals surface area contributed by atoms with Crippen molar-refractivity contribution in [3.63, 3.8) is 0 Å². The van der Waals surface area contributed by atoms with E-state index in [0.29, 0.717) is 24.0 Å². The third-order valence-corrected chi connectivity index (χ3v) is 4.62. The molecule has 1 amide bonds. The zero-order valence-corrected chi connectivity index (χ0v) is 12.4. The van der Waals surface area contributed by atoms with Gasteiger partial charge in [0, 0.05) is 30.6 Å². The van der Waals surface area contributed by atoms with E-state index in [4.69, 9.17) is 5.73 Å². The van der Waals surface area contributed by atoms with Gasteiger partial charge in [-0.25, -0.2) is 4.98 Å². The van der Waals surface area contributed by atoms with E-state index >= 15 is 0 Å². The van der Waals surface area contributed by atoms with E-state index in [2.05, 4.69) is 20.0 Å². The van der Waals surface area contributed by atoms with Crippen LogP contribution in [0.5, 0.6) is 0 Å². The van der Waals surface area contributed by atoms with Crippen LogP contribution in [-0.2, 0) is 6.42 Å². The number of aromatic nitrogens is 2. The minimum Gasteiger partial charge on any atom is -0.382 e. The predicted octanol–water partition coefficient (Wildman–Crippen LogP) is 1.73. The highest BCUT2D eigenvalue weighted by Crippen LogP contribution is 2.28. The number of rotatable bonds is 6. The van der Waals surface area contributed by atoms with Crippen LogP contribution in [0.1, 0.15) is 28.2 Å². The molecule has 2 heterocycles. The summed E-state index contributed by atoms with van der Waals surface area (Å²) in [4.78, 5) is 16.3. The fraction of sp³-hybridized carbons (Fsp3) is 0.417. The molecular formula is C12H15N5OS2. The molecule has 1 fully saturated rings. The van der Waals surface area contributed by atoms with Gasteiger partial charge in [0.05, 0.1) is 5.01 Å². The first-order valence-electron chi connectivity index (χ1n) is 6.42. The number of thiazole rings is 1. The summed E-state index contributed by atoms with van der Waals surface area (Å²) in [7, 11) is 0. The van der Waals surface area contributed by atoms with Gasteiger partial charge >= 0.3 is 0 Å². The monoisotopic (exact) mass is 309 g/mol. The van der Waals surface area contributed by atoms with E-state index < -0.39 is 0 Å². The number of anilines is 2. The second kappa shape index (κ2) is 5.76. The number of nitrogens with one attached hydrogen (secondary N) is 2. The van der Waals surface area contributed by atoms with Gasteiger partial charge in [0.1, 0.15) is 10.6 Å². The Hall–Kier alpha value is -1.67. The summed E-state index contributed by atoms with van der Waals surface area (Å²) in [5.74, 6) is 0.167. The minimum absolute atomic E-state index is 0.129. The molecule has 8 heteroatoms. The lowest BCUT2D eigenvalue weighted by Gasteiger charge is -2.06. The first kappa shape index (κ1) is 13.3. The van der Waals surface area contributed by atoms with Crippen LogP contribution in [0.3, 0.4) is 0 Å². The highest BCUT2D eigenvalue weighted by Gasteiger charge is 2.27. The number of carbonyl (C=O) groups is 1. The Labute approximate surface area is 124 Å². The van der Waals surface area contributed by atoms with E-state index in [1.165, 1.54) is 11.5 Å². The van der Waals surface area contributed by atoms with Crippen molar-refractivity contribution in [2.24, 2.45) is 0 Å². The Morgan fingerprint density at radius 2 is 2.35 bits per heavy atom. The van der Waals surface area contributed by atoms with Crippen molar-refractivity contribution in [1.29, 1.82) is 0 Å². The molecule has 0 saturated heterocycles. The lowest BCUT2D eigenvalue weighted by molar-refractivity contribution is 0.0953. The van der Waals surface area contributed by atoms with Gasteiger partial charge < -0.3 is 16.4 Å². The van der Waals surface area contributed by atoms with Crippen LogP contribution in [0.4, 0.5) is 10.8 Å². The molecule has 2 aromatic rings. The van der Waals surface area contributed by atoms with Gasteiger partial charge in [0.25, 0.3) is 5.91 Å². The standard InChI is InChI=1S/C12H15N5OS2/c13-10-9(11(18)16-7-1-2-7)12(20-17-10)15-4-3-8-14-5-6-19-8/h5-7,15H,1-4H2,(H2,13,17)(H,16,18). The smallest absolute Gasteiger partial charge is 0.258 e. The molecule has 3 rings (SSSR count). The first-order chi connectivity index (χ1) is 9.74. The molecule has 0 spiro atoms. The SMILES string of the molecule is Nc1nsc(NCCc2nccs2)c1C(=O)NC1CC1. The zero-order chi connectivity index (χ0) is 13.9. The fourth-order valence-corrected chi connectivity index (χ4v) is 3.14. The van der Waals surface area contributed by atoms with Crippen molar-refractivity contribution in [2.75, 3.05) is 17.6 Å². The fourth-order valence-electron chi connectivity index (χ4n) is 1.79. The number of nitrogens with two attached hydrogens (primary N) is 1. The van der Waals surface area contributed by atoms with E-state index in [1.807, 2.05) is 5.38 Å². The summed E-state index contributed by atoms with van der Waals surface area (Å²) in [6.45, 7) is 0.707. The van der Waals surface area contributed by atoms with Crippen LogP contribution in [0.2, 0.25) is 0 Å². The number of hydrogen-bond acceptors (Lipinski definition) is 7. The summed E-state index contributed by atoms with van der Waals surface area (Å²) >= 11 is 2.85. The first-order valence-corrected chi connectivity index (χ1v) is 8.07. The minimum atomic E-state index is -0.129. The maximum Gasteiger partial charge on any atom is 0.258 e. The third kappa shape index (κ3) is 3.07. The van der Waals surface area contributed by atoms with Crippen molar-refractivity contribution in [3.05, 3.63) is 22.1 Å². The van der Waals surface area contributed by atoms with Gasteiger partial charge in [-0.3, -0.25) is 4.79 Å². The van der Waals surface area contributed by atoms with Crippen molar-refractivity contribution < 1.29 is 4.79 Å². The Morgan fingerprint density at radius 1 is 1.50 bits per heavy atom. The maximum absolute atomic E-state index is 12.1. The molecule has 0 aliphatic heterocycles. The van der Waals surface area contributed by atoms with Gasteiger partial charge in [-0.05, 0) is 24.4 Å². The topological polar surface area (TPSA) is 92.9 Å². The second-order valence-corrected chi connectivity index (χ2v) is 6.37. The van der Waals surface area contributed by atoms with Crippen molar-refractivity contribution in [3.8, 4) is 0 Å². The summed E-state index contributed by atoms with van der Waals surface area (Å²) in [6.07, 6.45) is 4.71. The second-order valence-electron chi connectivity index (χ2n) is 4.62. The molecule has 0 unspecified atom stereocenters. The summed E-state index contributed by atoms with van der Waals surface area (Å²) in [6, 6.07) is 0.310. The highest BCUT2D eigenvalue weighted by molar-refractivity contribution is 7.11. The zero-order valence-electron chi connectivity index (χ0n) is 10.8. The number of amides is 1. The van der Waals surface area contributed by atoms with Crippen molar-refractivity contribution in [1.82, 2.24) is 14.7 Å². The molecule has 1 aliphatic rings. The average Bonchev–Trinajstić information content (AvgIpc) is 2.95. The molecule has 106 valence electrons. The molecule has 1 aliphatic carbocycles. The normalized spacial score (nSPS) is 14.2. The predicted molar refractivity (Wildman–Crippen MR) is 81.3 cm³/mol. The van der Waals surface area contributed by atoms with Crippen molar-refractivity contribution in [2.45, 2.75) is 25.3 Å². The quantitative estimate of drug-likeness (QED) is 0.755. The van der Waals surface area contributed by atoms with Crippen molar-refractivity contribution >= 4 is 39.6 Å². The largest absolute Gasteiger partial charge is 0.382 e. The van der Waals surface area contributed by atoms with Gasteiger partial charge in [0.2, 0.25) is 0 Å². The number of nitrogen functional groups attached to an aromatic ring is 1. The van der Waals surface area contributed by atoms with Crippen LogP contribution >= 0.6 is 22.9 Å². The van der Waals surface area contributed by atoms with E-state index in [0.717, 1.165) is 29.3 Å². The Bertz CT molecular complexity index is 591. The van der Waals surface area contributed by atoms with Gasteiger partial charge in [0.15, 0.2) is 5.82 Å². The van der Waals surface area contributed by atoms with Crippen LogP contribution in [0.25, 0.3) is 0 Å². The molecule has 6 nitrogen and oxygen atoms in total. The molecule has 2 aromatic heterocycles. The van der Waals surface area contributed by atoms with E-state index in [1.54, 1.807) is 17.5 Å². The van der Waals surface area contributed by atoms with Crippen LogP contribution in [0.15, 0.2) is 11.6 Å². The Balaban J connectivity index is 1.62. The molecule has 0 radical (unpaired) electrons. The van der Waals surface area contributed by atoms with Crippen LogP contribution < -0.4 is 16.4 Å². The van der Waals surface area contributed by atoms with Crippen LogP contribution in [-0.4, -0.2) is 27.9 Å². The molecular weight excluding hydrogens is 294 g/mol. The summed E-state index contributed by atoms with van der Waals surface area (Å²) in [5.41, 5.74) is 6.27. The maximum atomic E-state index is 12.1. The van der Waals surface area contributed by atoms with E-state index in [-0.39, 0.29) is 5.91 Å². The Kier molecular flexibility index (Phi) is 3.83. The molecule has 0 atom stereocenters. The summed E-state index contributed by atoms with van der Waals surface area (Å²) in [5, 5.41) is 9.92. The highest BCUT2D eigenvalue weighted by atomic mass is 32.1. The van der Waals surface area contributed by atoms with Gasteiger partial charge in [-0.1, -0.05) is 0 Å². The molecule has 20 heavy (non-hydrogen) atoms. The lowest BCUT2D eigenvalue weighted by atomic mass is 10.3. The van der Waals surface area contributed by atoms with Gasteiger partial charge in [-0.15, -0.1) is 11.3 Å². The molecule has 1 saturated carbocycles. The molecule has 4 N–H and O–H groups in total. The van der Waals surface area contributed by atoms with Gasteiger partial charge in [-0.2, -0.15) is 4.37 Å². The number of carbonyl (C=O) groups excluding carboxylic acids is 1. The summed E-state index contributed by atoms with van der Waals surface area (Å²) < 4.78 is 4.06. The average molecular weight is 309 g/mol. The van der Waals surface area contributed by atoms with E-state index in [9.17, 15) is 4.79 Å². The number of hydrogen-bond donors (Lipinski definition) is 3. The number of nitrogens with zero attached hydrogens (tertiary/aromatic N) is 2. The van der Waals surface area contributed by atoms with Crippen LogP contribution in [0, 0.1) is 0 Å². The third-order valence-electron chi connectivity index (χ3n) is 2.97. The molecule has 0 aromatic carbocycles.